The number of hydrogen-bond acceptors (Lipinski definition) is 3. The van der Waals surface area contributed by atoms with Gasteiger partial charge in [0.25, 0.3) is 5.91 Å². The molecule has 1 unspecified atom stereocenters. The molecule has 0 fully saturated rings. The minimum absolute atomic E-state index is 0.0165. The SMILES string of the molecule is CC(C)C(C)(CC(=O)O)NC(=O)CCCNC(=O)c1ccc(Cl)cc1. The Hall–Kier alpha value is -2.08. The molecule has 1 aromatic carbocycles. The van der Waals surface area contributed by atoms with E-state index in [1.165, 1.54) is 0 Å². The van der Waals surface area contributed by atoms with Crippen molar-refractivity contribution in [2.45, 2.75) is 45.6 Å². The highest BCUT2D eigenvalue weighted by Gasteiger charge is 2.32. The van der Waals surface area contributed by atoms with Crippen LogP contribution in [0.5, 0.6) is 0 Å². The number of carboxylic acids is 1. The number of aliphatic carboxylic acids is 1. The molecule has 0 aromatic heterocycles. The molecule has 0 saturated heterocycles. The summed E-state index contributed by atoms with van der Waals surface area (Å²) < 4.78 is 0. The zero-order valence-corrected chi connectivity index (χ0v) is 15.5. The Bertz CT molecular complexity index is 616. The van der Waals surface area contributed by atoms with Crippen LogP contribution in [0.25, 0.3) is 0 Å². The summed E-state index contributed by atoms with van der Waals surface area (Å²) in [6, 6.07) is 6.53. The van der Waals surface area contributed by atoms with Crippen molar-refractivity contribution < 1.29 is 19.5 Å². The van der Waals surface area contributed by atoms with E-state index in [4.69, 9.17) is 16.7 Å². The molecule has 1 aromatic rings. The van der Waals surface area contributed by atoms with Crippen LogP contribution in [-0.2, 0) is 9.59 Å². The van der Waals surface area contributed by atoms with E-state index in [0.717, 1.165) is 0 Å². The molecule has 25 heavy (non-hydrogen) atoms. The van der Waals surface area contributed by atoms with Crippen LogP contribution in [0, 0.1) is 5.92 Å². The highest BCUT2D eigenvalue weighted by molar-refractivity contribution is 6.30. The molecule has 0 spiro atoms. The van der Waals surface area contributed by atoms with Gasteiger partial charge in [-0.15, -0.1) is 0 Å². The first-order valence-corrected chi connectivity index (χ1v) is 8.58. The highest BCUT2D eigenvalue weighted by atomic mass is 35.5. The predicted octanol–water partition coefficient (Wildman–Crippen LogP) is 2.86. The van der Waals surface area contributed by atoms with Gasteiger partial charge in [-0.2, -0.15) is 0 Å². The van der Waals surface area contributed by atoms with Gasteiger partial charge in [-0.25, -0.2) is 0 Å². The van der Waals surface area contributed by atoms with Crippen LogP contribution in [0.15, 0.2) is 24.3 Å². The molecule has 6 nitrogen and oxygen atoms in total. The lowest BCUT2D eigenvalue weighted by molar-refractivity contribution is -0.139. The summed E-state index contributed by atoms with van der Waals surface area (Å²) in [6.07, 6.45) is 0.541. The van der Waals surface area contributed by atoms with Gasteiger partial charge < -0.3 is 15.7 Å². The molecule has 0 aliphatic carbocycles. The van der Waals surface area contributed by atoms with E-state index in [2.05, 4.69) is 10.6 Å². The minimum Gasteiger partial charge on any atom is -0.481 e. The molecule has 0 bridgehead atoms. The number of benzene rings is 1. The smallest absolute Gasteiger partial charge is 0.305 e. The lowest BCUT2D eigenvalue weighted by Crippen LogP contribution is -2.51. The summed E-state index contributed by atoms with van der Waals surface area (Å²) in [5.74, 6) is -1.42. The number of carbonyl (C=O) groups is 3. The summed E-state index contributed by atoms with van der Waals surface area (Å²) in [4.78, 5) is 35.0. The number of rotatable bonds is 9. The van der Waals surface area contributed by atoms with Crippen molar-refractivity contribution in [1.82, 2.24) is 10.6 Å². The topological polar surface area (TPSA) is 95.5 Å². The van der Waals surface area contributed by atoms with Gasteiger partial charge in [0.2, 0.25) is 5.91 Å². The summed E-state index contributed by atoms with van der Waals surface area (Å²) in [5.41, 5.74) is -0.294. The van der Waals surface area contributed by atoms with Gasteiger partial charge >= 0.3 is 5.97 Å². The van der Waals surface area contributed by atoms with Crippen LogP contribution >= 0.6 is 11.6 Å². The van der Waals surface area contributed by atoms with Crippen LogP contribution in [0.3, 0.4) is 0 Å². The highest BCUT2D eigenvalue weighted by Crippen LogP contribution is 2.21. The van der Waals surface area contributed by atoms with E-state index >= 15 is 0 Å². The molecular formula is C18H25ClN2O4. The molecule has 1 atom stereocenters. The van der Waals surface area contributed by atoms with Gasteiger partial charge in [0.1, 0.15) is 0 Å². The van der Waals surface area contributed by atoms with E-state index < -0.39 is 11.5 Å². The average Bonchev–Trinajstić information content (AvgIpc) is 2.51. The van der Waals surface area contributed by atoms with Gasteiger partial charge in [-0.3, -0.25) is 14.4 Å². The minimum atomic E-state index is -0.952. The molecule has 2 amide bonds. The van der Waals surface area contributed by atoms with Crippen LogP contribution < -0.4 is 10.6 Å². The van der Waals surface area contributed by atoms with Crippen molar-refractivity contribution in [2.75, 3.05) is 6.54 Å². The van der Waals surface area contributed by atoms with Crippen molar-refractivity contribution in [3.8, 4) is 0 Å². The number of halogens is 1. The molecule has 0 saturated carbocycles. The van der Waals surface area contributed by atoms with Gasteiger partial charge in [-0.1, -0.05) is 25.4 Å². The van der Waals surface area contributed by atoms with Crippen molar-refractivity contribution in [2.24, 2.45) is 5.92 Å². The van der Waals surface area contributed by atoms with Crippen molar-refractivity contribution in [3.05, 3.63) is 34.9 Å². The first-order valence-electron chi connectivity index (χ1n) is 8.20. The molecule has 0 aliphatic rings. The fourth-order valence-electron chi connectivity index (χ4n) is 2.24. The average molecular weight is 369 g/mol. The third-order valence-corrected chi connectivity index (χ3v) is 4.44. The molecule has 0 aliphatic heterocycles. The molecule has 3 N–H and O–H groups in total. The van der Waals surface area contributed by atoms with Gasteiger partial charge in [-0.05, 0) is 43.5 Å². The normalized spacial score (nSPS) is 13.2. The number of amides is 2. The Kier molecular flexibility index (Phi) is 7.90. The van der Waals surface area contributed by atoms with Crippen molar-refractivity contribution in [1.29, 1.82) is 0 Å². The van der Waals surface area contributed by atoms with Gasteiger partial charge in [0.05, 0.1) is 6.42 Å². The quantitative estimate of drug-likeness (QED) is 0.584. The first-order chi connectivity index (χ1) is 11.6. The Morgan fingerprint density at radius 2 is 1.80 bits per heavy atom. The lowest BCUT2D eigenvalue weighted by Gasteiger charge is -2.33. The first kappa shape index (κ1) is 21.0. The van der Waals surface area contributed by atoms with Crippen LogP contribution in [-0.4, -0.2) is 35.0 Å². The summed E-state index contributed by atoms with van der Waals surface area (Å²) in [5, 5.41) is 15.1. The van der Waals surface area contributed by atoms with Crippen molar-refractivity contribution >= 4 is 29.4 Å². The van der Waals surface area contributed by atoms with Crippen LogP contribution in [0.1, 0.15) is 50.4 Å². The second-order valence-corrected chi connectivity index (χ2v) is 6.99. The third-order valence-electron chi connectivity index (χ3n) is 4.19. The van der Waals surface area contributed by atoms with Gasteiger partial charge in [0, 0.05) is 29.1 Å². The standard InChI is InChI=1S/C18H25ClN2O4/c1-12(2)18(3,11-16(23)24)21-15(22)5-4-10-20-17(25)13-6-8-14(19)9-7-13/h6-9,12H,4-5,10-11H2,1-3H3,(H,20,25)(H,21,22)(H,23,24). The van der Waals surface area contributed by atoms with Crippen molar-refractivity contribution in [3.63, 3.8) is 0 Å². The Morgan fingerprint density at radius 1 is 1.20 bits per heavy atom. The second-order valence-electron chi connectivity index (χ2n) is 6.56. The maximum Gasteiger partial charge on any atom is 0.305 e. The molecule has 0 heterocycles. The predicted molar refractivity (Wildman–Crippen MR) is 96.7 cm³/mol. The largest absolute Gasteiger partial charge is 0.481 e. The second kappa shape index (κ2) is 9.42. The third kappa shape index (κ3) is 7.13. The number of carbonyl (C=O) groups excluding carboxylic acids is 2. The zero-order chi connectivity index (χ0) is 19.0. The Labute approximate surface area is 152 Å². The Morgan fingerprint density at radius 3 is 2.32 bits per heavy atom. The summed E-state index contributed by atoms with van der Waals surface area (Å²) in [7, 11) is 0. The maximum atomic E-state index is 12.1. The fraction of sp³-hybridized carbons (Fsp3) is 0.500. The number of nitrogens with one attached hydrogen (secondary N) is 2. The summed E-state index contributed by atoms with van der Waals surface area (Å²) in [6.45, 7) is 5.82. The molecule has 138 valence electrons. The van der Waals surface area contributed by atoms with Crippen LogP contribution in [0.4, 0.5) is 0 Å². The van der Waals surface area contributed by atoms with E-state index in [9.17, 15) is 14.4 Å². The monoisotopic (exact) mass is 368 g/mol. The molecular weight excluding hydrogens is 344 g/mol. The van der Waals surface area contributed by atoms with Crippen LogP contribution in [0.2, 0.25) is 5.02 Å². The van der Waals surface area contributed by atoms with E-state index in [-0.39, 0.29) is 30.6 Å². The van der Waals surface area contributed by atoms with E-state index in [0.29, 0.717) is 23.6 Å². The zero-order valence-electron chi connectivity index (χ0n) is 14.8. The van der Waals surface area contributed by atoms with Gasteiger partial charge in [0.15, 0.2) is 0 Å². The van der Waals surface area contributed by atoms with E-state index in [1.54, 1.807) is 31.2 Å². The Balaban J connectivity index is 2.40. The molecule has 1 rings (SSSR count). The molecule has 7 heteroatoms. The summed E-state index contributed by atoms with van der Waals surface area (Å²) >= 11 is 5.77. The molecule has 0 radical (unpaired) electrons. The fourth-order valence-corrected chi connectivity index (χ4v) is 2.37. The lowest BCUT2D eigenvalue weighted by atomic mass is 9.85. The van der Waals surface area contributed by atoms with E-state index in [1.807, 2.05) is 13.8 Å². The number of carboxylic acid groups (broad SMARTS) is 1. The maximum absolute atomic E-state index is 12.1. The number of hydrogen-bond donors (Lipinski definition) is 3.